The van der Waals surface area contributed by atoms with E-state index in [9.17, 15) is 4.39 Å². The summed E-state index contributed by atoms with van der Waals surface area (Å²) in [5.41, 5.74) is 0.649. The van der Waals surface area contributed by atoms with Crippen LogP contribution in [0.4, 0.5) is 4.39 Å². The lowest BCUT2D eigenvalue weighted by molar-refractivity contribution is 0.296. The summed E-state index contributed by atoms with van der Waals surface area (Å²) >= 11 is 6.25. The van der Waals surface area contributed by atoms with Gasteiger partial charge >= 0.3 is 0 Å². The molecule has 0 radical (unpaired) electrons. The molecular weight excluding hydrogens is 367 g/mol. The number of likely N-dealkylation sites (tertiary alicyclic amines) is 1. The third kappa shape index (κ3) is 4.58. The number of hydrogen-bond acceptors (Lipinski definition) is 3. The van der Waals surface area contributed by atoms with Crippen LogP contribution in [0.5, 0.6) is 0 Å². The van der Waals surface area contributed by atoms with E-state index in [1.165, 1.54) is 12.1 Å². The summed E-state index contributed by atoms with van der Waals surface area (Å²) in [5, 5.41) is 10.8. The normalized spacial score (nSPS) is 16.6. The number of aliphatic imine (C=N–C) groups is 1. The molecule has 6 nitrogen and oxygen atoms in total. The predicted octanol–water partition coefficient (Wildman–Crippen LogP) is 3.33. The van der Waals surface area contributed by atoms with Crippen molar-refractivity contribution in [2.45, 2.75) is 38.0 Å². The van der Waals surface area contributed by atoms with E-state index in [1.54, 1.807) is 19.4 Å². The molecule has 146 valence electrons. The predicted molar refractivity (Wildman–Crippen MR) is 106 cm³/mol. The van der Waals surface area contributed by atoms with Crippen LogP contribution in [0.2, 0.25) is 5.02 Å². The molecule has 1 aromatic heterocycles. The maximum atomic E-state index is 13.3. The van der Waals surface area contributed by atoms with Crippen molar-refractivity contribution in [3.63, 3.8) is 0 Å². The molecule has 8 heteroatoms. The zero-order valence-electron chi connectivity index (χ0n) is 16.0. The fourth-order valence-corrected chi connectivity index (χ4v) is 3.97. The standard InChI is InChI=1S/C19H26ClFN6/c1-19(2,15-5-4-14(21)10-16(15)20)11-23-18(22-3)27-8-6-13(7-9-27)17-24-12-25-26-17/h4-5,10,12-13H,6-9,11H2,1-3H3,(H,22,23)(H,24,25,26). The molecule has 1 aliphatic heterocycles. The molecule has 2 N–H and O–H groups in total. The minimum Gasteiger partial charge on any atom is -0.355 e. The van der Waals surface area contributed by atoms with Crippen molar-refractivity contribution in [3.8, 4) is 0 Å². The molecule has 2 aromatic rings. The number of piperidine rings is 1. The molecule has 3 rings (SSSR count). The summed E-state index contributed by atoms with van der Waals surface area (Å²) in [6.07, 6.45) is 3.57. The van der Waals surface area contributed by atoms with E-state index in [1.807, 2.05) is 0 Å². The zero-order chi connectivity index (χ0) is 19.4. The highest BCUT2D eigenvalue weighted by Gasteiger charge is 2.27. The Kier molecular flexibility index (Phi) is 5.99. The zero-order valence-corrected chi connectivity index (χ0v) is 16.7. The summed E-state index contributed by atoms with van der Waals surface area (Å²) in [6, 6.07) is 4.57. The Bertz CT molecular complexity index is 782. The number of aromatic nitrogens is 3. The number of nitrogens with zero attached hydrogens (tertiary/aromatic N) is 4. The van der Waals surface area contributed by atoms with Crippen molar-refractivity contribution in [1.82, 2.24) is 25.4 Å². The lowest BCUT2D eigenvalue weighted by Gasteiger charge is -2.35. The summed E-state index contributed by atoms with van der Waals surface area (Å²) in [6.45, 7) is 6.63. The van der Waals surface area contributed by atoms with Gasteiger partial charge < -0.3 is 10.2 Å². The van der Waals surface area contributed by atoms with Gasteiger partial charge in [0.05, 0.1) is 0 Å². The summed E-state index contributed by atoms with van der Waals surface area (Å²) in [4.78, 5) is 11.0. The Balaban J connectivity index is 1.59. The Morgan fingerprint density at radius 1 is 1.41 bits per heavy atom. The average Bonchev–Trinajstić information content (AvgIpc) is 3.17. The van der Waals surface area contributed by atoms with Gasteiger partial charge in [0.1, 0.15) is 18.0 Å². The fraction of sp³-hybridized carbons (Fsp3) is 0.526. The van der Waals surface area contributed by atoms with Gasteiger partial charge in [0.25, 0.3) is 0 Å². The first-order valence-electron chi connectivity index (χ1n) is 9.17. The highest BCUT2D eigenvalue weighted by Crippen LogP contribution is 2.30. The first-order chi connectivity index (χ1) is 12.9. The van der Waals surface area contributed by atoms with E-state index in [0.717, 1.165) is 43.3 Å². The van der Waals surface area contributed by atoms with Gasteiger partial charge in [0.2, 0.25) is 0 Å². The molecule has 0 saturated carbocycles. The van der Waals surface area contributed by atoms with E-state index in [2.05, 4.69) is 44.2 Å². The molecule has 0 amide bonds. The highest BCUT2D eigenvalue weighted by molar-refractivity contribution is 6.31. The Morgan fingerprint density at radius 3 is 2.74 bits per heavy atom. The van der Waals surface area contributed by atoms with Gasteiger partial charge in [0.15, 0.2) is 5.96 Å². The number of hydrogen-bond donors (Lipinski definition) is 2. The Morgan fingerprint density at radius 2 is 2.15 bits per heavy atom. The molecule has 1 saturated heterocycles. The third-order valence-corrected chi connectivity index (χ3v) is 5.49. The number of H-pyrrole nitrogens is 1. The maximum Gasteiger partial charge on any atom is 0.193 e. The molecule has 0 aliphatic carbocycles. The van der Waals surface area contributed by atoms with Crippen LogP contribution in [-0.2, 0) is 5.41 Å². The number of guanidine groups is 1. The fourth-order valence-electron chi connectivity index (χ4n) is 3.54. The van der Waals surface area contributed by atoms with Gasteiger partial charge in [-0.15, -0.1) is 0 Å². The van der Waals surface area contributed by atoms with Gasteiger partial charge in [-0.2, -0.15) is 5.10 Å². The number of aromatic amines is 1. The molecule has 1 aliphatic rings. The van der Waals surface area contributed by atoms with E-state index < -0.39 is 0 Å². The van der Waals surface area contributed by atoms with Crippen LogP contribution in [0.3, 0.4) is 0 Å². The van der Waals surface area contributed by atoms with E-state index in [-0.39, 0.29) is 11.2 Å². The SMILES string of the molecule is CN=C(NCC(C)(C)c1ccc(F)cc1Cl)N1CCC(c2ncn[nH]2)CC1. The monoisotopic (exact) mass is 392 g/mol. The first-order valence-corrected chi connectivity index (χ1v) is 9.55. The average molecular weight is 393 g/mol. The number of benzene rings is 1. The lowest BCUT2D eigenvalue weighted by atomic mass is 9.84. The van der Waals surface area contributed by atoms with Crippen LogP contribution in [0.25, 0.3) is 0 Å². The van der Waals surface area contributed by atoms with Gasteiger partial charge in [0, 0.05) is 43.0 Å². The minimum absolute atomic E-state index is 0.265. The van der Waals surface area contributed by atoms with E-state index in [4.69, 9.17) is 11.6 Å². The summed E-state index contributed by atoms with van der Waals surface area (Å²) < 4.78 is 13.3. The summed E-state index contributed by atoms with van der Waals surface area (Å²) in [7, 11) is 1.79. The van der Waals surface area contributed by atoms with Crippen LogP contribution < -0.4 is 5.32 Å². The van der Waals surface area contributed by atoms with Crippen LogP contribution in [0.15, 0.2) is 29.5 Å². The number of halogens is 2. The molecule has 0 unspecified atom stereocenters. The first kappa shape index (κ1) is 19.6. The molecule has 0 spiro atoms. The van der Waals surface area contributed by atoms with Crippen LogP contribution >= 0.6 is 11.6 Å². The third-order valence-electron chi connectivity index (χ3n) is 5.18. The van der Waals surface area contributed by atoms with Crippen LogP contribution in [-0.4, -0.2) is 52.7 Å². The van der Waals surface area contributed by atoms with Crippen LogP contribution in [0, 0.1) is 5.82 Å². The molecular formula is C19H26ClFN6. The molecule has 1 aromatic carbocycles. The molecule has 0 bridgehead atoms. The topological polar surface area (TPSA) is 69.2 Å². The Hall–Kier alpha value is -2.15. The molecule has 1 fully saturated rings. The van der Waals surface area contributed by atoms with Crippen molar-refractivity contribution >= 4 is 17.6 Å². The van der Waals surface area contributed by atoms with Crippen molar-refractivity contribution in [1.29, 1.82) is 0 Å². The quantitative estimate of drug-likeness (QED) is 0.618. The maximum absolute atomic E-state index is 13.3. The highest BCUT2D eigenvalue weighted by atomic mass is 35.5. The van der Waals surface area contributed by atoms with Gasteiger partial charge in [-0.25, -0.2) is 9.37 Å². The number of nitrogens with one attached hydrogen (secondary N) is 2. The second-order valence-corrected chi connectivity index (χ2v) is 7.95. The van der Waals surface area contributed by atoms with Crippen molar-refractivity contribution < 1.29 is 4.39 Å². The second-order valence-electron chi connectivity index (χ2n) is 7.54. The molecule has 0 atom stereocenters. The Labute approximate surface area is 164 Å². The van der Waals surface area contributed by atoms with Crippen molar-refractivity contribution in [2.24, 2.45) is 4.99 Å². The summed E-state index contributed by atoms with van der Waals surface area (Å²) in [5.74, 6) is 1.93. The van der Waals surface area contributed by atoms with E-state index >= 15 is 0 Å². The second kappa shape index (κ2) is 8.25. The molecule has 2 heterocycles. The van der Waals surface area contributed by atoms with Crippen LogP contribution in [0.1, 0.15) is 44.0 Å². The molecule has 27 heavy (non-hydrogen) atoms. The van der Waals surface area contributed by atoms with Gasteiger partial charge in [-0.3, -0.25) is 10.1 Å². The van der Waals surface area contributed by atoms with Crippen molar-refractivity contribution in [2.75, 3.05) is 26.7 Å². The van der Waals surface area contributed by atoms with Gasteiger partial charge in [-0.05, 0) is 30.5 Å². The van der Waals surface area contributed by atoms with Gasteiger partial charge in [-0.1, -0.05) is 31.5 Å². The lowest BCUT2D eigenvalue weighted by Crippen LogP contribution is -2.48. The minimum atomic E-state index is -0.321. The number of rotatable bonds is 4. The van der Waals surface area contributed by atoms with E-state index in [0.29, 0.717) is 17.5 Å². The largest absolute Gasteiger partial charge is 0.355 e. The smallest absolute Gasteiger partial charge is 0.193 e. The van der Waals surface area contributed by atoms with Crippen molar-refractivity contribution in [3.05, 3.63) is 46.8 Å².